The molecule has 0 unspecified atom stereocenters. The lowest BCUT2D eigenvalue weighted by atomic mass is 9.96. The summed E-state index contributed by atoms with van der Waals surface area (Å²) in [6.45, 7) is 0. The predicted molar refractivity (Wildman–Crippen MR) is 66.3 cm³/mol. The summed E-state index contributed by atoms with van der Waals surface area (Å²) < 4.78 is 0.356. The minimum atomic E-state index is -0.561. The van der Waals surface area contributed by atoms with E-state index in [0.717, 1.165) is 4.88 Å². The average Bonchev–Trinajstić information content (AvgIpc) is 2.82. The number of thiophene rings is 2. The number of fused-ring (bicyclic) bond motifs is 3. The molecule has 0 radical (unpaired) electrons. The monoisotopic (exact) mass is 288 g/mol. The third kappa shape index (κ3) is 1.18. The molecule has 0 bridgehead atoms. The smallest absolute Gasteiger partial charge is 0.236 e. The van der Waals surface area contributed by atoms with Gasteiger partial charge in [0.25, 0.3) is 0 Å². The van der Waals surface area contributed by atoms with Gasteiger partial charge in [0.05, 0.1) is 20.3 Å². The molecule has 0 atom stereocenters. The Kier molecular flexibility index (Phi) is 2.23. The Bertz CT molecular complexity index is 639. The van der Waals surface area contributed by atoms with Crippen LogP contribution in [-0.2, 0) is 0 Å². The van der Waals surface area contributed by atoms with Crippen LogP contribution in [0.15, 0.2) is 11.4 Å². The van der Waals surface area contributed by atoms with E-state index < -0.39 is 11.6 Å². The molecule has 1 aliphatic rings. The molecule has 2 aromatic heterocycles. The highest BCUT2D eigenvalue weighted by molar-refractivity contribution is 7.25. The lowest BCUT2D eigenvalue weighted by Gasteiger charge is -2.09. The summed E-state index contributed by atoms with van der Waals surface area (Å²) in [5, 5.41) is 1.98. The van der Waals surface area contributed by atoms with Crippen molar-refractivity contribution in [2.75, 3.05) is 0 Å². The second-order valence-corrected chi connectivity index (χ2v) is 6.13. The number of carbonyl (C=O) groups excluding carboxylic acids is 2. The van der Waals surface area contributed by atoms with Crippen LogP contribution in [0.4, 0.5) is 0 Å². The van der Waals surface area contributed by atoms with Crippen LogP contribution in [0.5, 0.6) is 0 Å². The molecule has 0 N–H and O–H groups in total. The molecule has 0 spiro atoms. The van der Waals surface area contributed by atoms with E-state index in [1.165, 1.54) is 22.7 Å². The van der Waals surface area contributed by atoms with E-state index in [1.807, 2.05) is 0 Å². The van der Waals surface area contributed by atoms with Crippen LogP contribution in [0, 0.1) is 0 Å². The summed E-state index contributed by atoms with van der Waals surface area (Å²) in [4.78, 5) is 25.1. The fourth-order valence-electron chi connectivity index (χ4n) is 1.65. The van der Waals surface area contributed by atoms with Crippen LogP contribution in [-0.4, -0.2) is 11.6 Å². The number of hydrogen-bond donors (Lipinski definition) is 0. The van der Waals surface area contributed by atoms with Crippen molar-refractivity contribution in [2.24, 2.45) is 0 Å². The fraction of sp³-hybridized carbons (Fsp3) is 0. The quantitative estimate of drug-likeness (QED) is 0.682. The zero-order valence-corrected chi connectivity index (χ0v) is 10.7. The second-order valence-electron chi connectivity index (χ2n) is 3.22. The first kappa shape index (κ1) is 10.5. The van der Waals surface area contributed by atoms with E-state index in [2.05, 4.69) is 0 Å². The van der Waals surface area contributed by atoms with Gasteiger partial charge in [0.2, 0.25) is 11.6 Å². The first-order chi connectivity index (χ1) is 7.61. The van der Waals surface area contributed by atoms with Gasteiger partial charge in [-0.3, -0.25) is 9.59 Å². The molecule has 3 rings (SSSR count). The Morgan fingerprint density at radius 2 is 1.81 bits per heavy atom. The first-order valence-electron chi connectivity index (χ1n) is 4.26. The Hall–Kier alpha value is -0.680. The largest absolute Gasteiger partial charge is 0.285 e. The maximum atomic E-state index is 11.8. The van der Waals surface area contributed by atoms with E-state index in [4.69, 9.17) is 23.2 Å². The van der Waals surface area contributed by atoms with Gasteiger partial charge in [-0.15, -0.1) is 22.7 Å². The summed E-state index contributed by atoms with van der Waals surface area (Å²) in [7, 11) is 0. The normalized spacial score (nSPS) is 13.9. The summed E-state index contributed by atoms with van der Waals surface area (Å²) in [5.41, 5.74) is 0.716. The highest BCUT2D eigenvalue weighted by Gasteiger charge is 2.35. The summed E-state index contributed by atoms with van der Waals surface area (Å²) in [6, 6.07) is 1.66. The lowest BCUT2D eigenvalue weighted by molar-refractivity contribution is 0.0816. The van der Waals surface area contributed by atoms with Crippen molar-refractivity contribution in [3.05, 3.63) is 31.9 Å². The van der Waals surface area contributed by atoms with E-state index in [1.54, 1.807) is 11.4 Å². The van der Waals surface area contributed by atoms with E-state index in [-0.39, 0.29) is 10.6 Å². The molecule has 0 aliphatic heterocycles. The van der Waals surface area contributed by atoms with E-state index in [0.29, 0.717) is 14.8 Å². The Morgan fingerprint density at radius 3 is 2.56 bits per heavy atom. The molecule has 0 fully saturated rings. The zero-order valence-electron chi connectivity index (χ0n) is 7.54. The van der Waals surface area contributed by atoms with Crippen LogP contribution in [0.1, 0.15) is 20.7 Å². The molecule has 0 aromatic carbocycles. The molecular formula is C10H2Cl2O2S2. The van der Waals surface area contributed by atoms with Gasteiger partial charge in [0, 0.05) is 5.56 Å². The van der Waals surface area contributed by atoms with Crippen molar-refractivity contribution in [1.82, 2.24) is 0 Å². The molecule has 16 heavy (non-hydrogen) atoms. The molecule has 0 amide bonds. The zero-order chi connectivity index (χ0) is 11.4. The molecule has 6 heteroatoms. The van der Waals surface area contributed by atoms with Gasteiger partial charge in [0.15, 0.2) is 0 Å². The Balaban J connectivity index is 2.44. The highest BCUT2D eigenvalue weighted by atomic mass is 35.5. The molecule has 1 aliphatic carbocycles. The molecule has 2 aromatic rings. The molecule has 0 saturated heterocycles. The van der Waals surface area contributed by atoms with Gasteiger partial charge in [-0.1, -0.05) is 23.2 Å². The van der Waals surface area contributed by atoms with Crippen molar-refractivity contribution in [2.45, 2.75) is 0 Å². The number of halogens is 2. The van der Waals surface area contributed by atoms with Crippen LogP contribution in [0.3, 0.4) is 0 Å². The van der Waals surface area contributed by atoms with E-state index >= 15 is 0 Å². The molecule has 2 heterocycles. The number of hydrogen-bond acceptors (Lipinski definition) is 4. The Morgan fingerprint density at radius 1 is 1.06 bits per heavy atom. The first-order valence-corrected chi connectivity index (χ1v) is 6.71. The van der Waals surface area contributed by atoms with Gasteiger partial charge in [-0.25, -0.2) is 0 Å². The minimum absolute atomic E-state index is 0.194. The van der Waals surface area contributed by atoms with E-state index in [9.17, 15) is 9.59 Å². The van der Waals surface area contributed by atoms with Crippen molar-refractivity contribution in [3.63, 3.8) is 0 Å². The van der Waals surface area contributed by atoms with Crippen molar-refractivity contribution < 1.29 is 9.59 Å². The van der Waals surface area contributed by atoms with Gasteiger partial charge >= 0.3 is 0 Å². The van der Waals surface area contributed by atoms with Crippen LogP contribution in [0.25, 0.3) is 9.75 Å². The number of carbonyl (C=O) groups is 2. The molecule has 80 valence electrons. The topological polar surface area (TPSA) is 34.1 Å². The number of rotatable bonds is 0. The third-order valence-electron chi connectivity index (χ3n) is 2.36. The molecule has 2 nitrogen and oxygen atoms in total. The third-order valence-corrected chi connectivity index (χ3v) is 5.42. The fourth-order valence-corrected chi connectivity index (χ4v) is 4.30. The van der Waals surface area contributed by atoms with Crippen LogP contribution >= 0.6 is 45.9 Å². The van der Waals surface area contributed by atoms with Gasteiger partial charge in [-0.05, 0) is 11.4 Å². The average molecular weight is 289 g/mol. The predicted octanol–water partition coefficient (Wildman–Crippen LogP) is 4.16. The van der Waals surface area contributed by atoms with Crippen molar-refractivity contribution >= 4 is 57.4 Å². The van der Waals surface area contributed by atoms with Gasteiger partial charge < -0.3 is 0 Å². The van der Waals surface area contributed by atoms with Gasteiger partial charge in [0.1, 0.15) is 4.34 Å². The SMILES string of the molecule is O=C1C(=O)c2c(sc(Cl)c2Cl)-c2sccc21. The molecule has 0 saturated carbocycles. The summed E-state index contributed by atoms with van der Waals surface area (Å²) in [5.74, 6) is -1.06. The maximum Gasteiger partial charge on any atom is 0.236 e. The summed E-state index contributed by atoms with van der Waals surface area (Å²) in [6.07, 6.45) is 0. The van der Waals surface area contributed by atoms with Crippen molar-refractivity contribution in [3.8, 4) is 9.75 Å². The van der Waals surface area contributed by atoms with Crippen LogP contribution in [0.2, 0.25) is 9.36 Å². The maximum absolute atomic E-state index is 11.8. The second kappa shape index (κ2) is 3.40. The highest BCUT2D eigenvalue weighted by Crippen LogP contribution is 2.48. The minimum Gasteiger partial charge on any atom is -0.285 e. The number of Topliss-reactive ketones (excluding diaryl/α,β-unsaturated/α-hetero) is 2. The standard InChI is InChI=1S/C10H2Cl2O2S2/c11-5-4-7(14)6(13)3-1-2-15-8(3)9(4)16-10(5)12/h1-2H. The molecular weight excluding hydrogens is 287 g/mol. The van der Waals surface area contributed by atoms with Crippen molar-refractivity contribution in [1.29, 1.82) is 0 Å². The summed E-state index contributed by atoms with van der Waals surface area (Å²) >= 11 is 14.5. The van der Waals surface area contributed by atoms with Gasteiger partial charge in [-0.2, -0.15) is 0 Å². The lowest BCUT2D eigenvalue weighted by Crippen LogP contribution is -2.18. The van der Waals surface area contributed by atoms with Crippen LogP contribution < -0.4 is 0 Å². The Labute approximate surface area is 108 Å². The number of ketones is 2.